The molecule has 4 nitrogen and oxygen atoms in total. The molecule has 0 unspecified atom stereocenters. The van der Waals surface area contributed by atoms with Gasteiger partial charge in [-0.05, 0) is 43.7 Å². The number of benzene rings is 1. The topological polar surface area (TPSA) is 55.1 Å². The summed E-state index contributed by atoms with van der Waals surface area (Å²) in [5.41, 5.74) is 1.66. The molecule has 5 rings (SSSR count). The van der Waals surface area contributed by atoms with E-state index in [9.17, 15) is 18.7 Å². The van der Waals surface area contributed by atoms with Crippen LogP contribution in [0.15, 0.2) is 18.2 Å². The van der Waals surface area contributed by atoms with Crippen molar-refractivity contribution in [3.8, 4) is 5.69 Å². The summed E-state index contributed by atoms with van der Waals surface area (Å²) in [5, 5.41) is 13.6. The molecule has 0 radical (unpaired) electrons. The van der Waals surface area contributed by atoms with E-state index in [4.69, 9.17) is 0 Å². The number of aromatic carboxylic acids is 1. The van der Waals surface area contributed by atoms with Crippen LogP contribution in [0.2, 0.25) is 0 Å². The second-order valence-electron chi connectivity index (χ2n) is 6.01. The molecule has 1 N–H and O–H groups in total. The van der Waals surface area contributed by atoms with Gasteiger partial charge in [0.15, 0.2) is 11.5 Å². The average Bonchev–Trinajstić information content (AvgIpc) is 2.91. The number of fused-ring (bicyclic) bond motifs is 2. The fourth-order valence-corrected chi connectivity index (χ4v) is 3.89. The van der Waals surface area contributed by atoms with Crippen molar-refractivity contribution < 1.29 is 18.7 Å². The van der Waals surface area contributed by atoms with Gasteiger partial charge in [-0.15, -0.1) is 0 Å². The highest BCUT2D eigenvalue weighted by Gasteiger charge is 2.40. The van der Waals surface area contributed by atoms with Gasteiger partial charge in [-0.25, -0.2) is 18.3 Å². The van der Waals surface area contributed by atoms with Crippen molar-refractivity contribution in [3.05, 3.63) is 46.8 Å². The summed E-state index contributed by atoms with van der Waals surface area (Å²) in [6.07, 6.45) is 3.83. The number of halogens is 2. The molecule has 0 saturated heterocycles. The van der Waals surface area contributed by atoms with E-state index in [2.05, 4.69) is 5.10 Å². The largest absolute Gasteiger partial charge is 0.476 e. The first-order valence-corrected chi connectivity index (χ1v) is 7.37. The van der Waals surface area contributed by atoms with Crippen molar-refractivity contribution in [1.82, 2.24) is 9.78 Å². The summed E-state index contributed by atoms with van der Waals surface area (Å²) in [4.78, 5) is 11.5. The Bertz CT molecular complexity index is 777. The van der Waals surface area contributed by atoms with E-state index in [1.165, 1.54) is 10.7 Å². The van der Waals surface area contributed by atoms with Gasteiger partial charge in [-0.2, -0.15) is 5.10 Å². The second-order valence-corrected chi connectivity index (χ2v) is 6.01. The third kappa shape index (κ3) is 1.79. The van der Waals surface area contributed by atoms with E-state index in [-0.39, 0.29) is 23.2 Å². The van der Waals surface area contributed by atoms with E-state index in [1.54, 1.807) is 0 Å². The molecule has 0 atom stereocenters. The molecule has 1 aromatic heterocycles. The quantitative estimate of drug-likeness (QED) is 0.922. The molecule has 1 heterocycles. The summed E-state index contributed by atoms with van der Waals surface area (Å²) in [6.45, 7) is 0. The van der Waals surface area contributed by atoms with Crippen LogP contribution in [-0.2, 0) is 0 Å². The van der Waals surface area contributed by atoms with E-state index in [0.29, 0.717) is 0 Å². The van der Waals surface area contributed by atoms with Gasteiger partial charge in [0.2, 0.25) is 0 Å². The van der Waals surface area contributed by atoms with Crippen LogP contribution in [0.4, 0.5) is 8.78 Å². The molecule has 2 bridgehead atoms. The van der Waals surface area contributed by atoms with Crippen LogP contribution in [0.3, 0.4) is 0 Å². The molecule has 1 aromatic carbocycles. The Morgan fingerprint density at radius 2 is 1.86 bits per heavy atom. The first-order valence-electron chi connectivity index (χ1n) is 7.37. The van der Waals surface area contributed by atoms with Crippen LogP contribution in [0.1, 0.15) is 59.3 Å². The highest BCUT2D eigenvalue weighted by molar-refractivity contribution is 5.88. The molecular formula is C16H14F2N2O2. The Balaban J connectivity index is 1.98. The van der Waals surface area contributed by atoms with Crippen LogP contribution in [-0.4, -0.2) is 20.9 Å². The highest BCUT2D eigenvalue weighted by atomic mass is 19.1. The number of carboxylic acid groups (broad SMARTS) is 1. The van der Waals surface area contributed by atoms with Crippen LogP contribution in [0, 0.1) is 11.6 Å². The zero-order valence-corrected chi connectivity index (χ0v) is 11.7. The number of hydrogen-bond donors (Lipinski definition) is 1. The summed E-state index contributed by atoms with van der Waals surface area (Å²) < 4.78 is 28.6. The minimum absolute atomic E-state index is 0.00752. The van der Waals surface area contributed by atoms with Crippen LogP contribution < -0.4 is 0 Å². The normalized spacial score (nSPS) is 22.6. The van der Waals surface area contributed by atoms with Crippen molar-refractivity contribution in [2.75, 3.05) is 0 Å². The zero-order chi connectivity index (χ0) is 15.4. The Labute approximate surface area is 125 Å². The zero-order valence-electron chi connectivity index (χ0n) is 11.7. The number of aromatic nitrogens is 2. The fourth-order valence-electron chi connectivity index (χ4n) is 3.89. The molecule has 0 spiro atoms. The maximum absolute atomic E-state index is 14.1. The van der Waals surface area contributed by atoms with Crippen molar-refractivity contribution in [3.63, 3.8) is 0 Å². The minimum atomic E-state index is -1.09. The lowest BCUT2D eigenvalue weighted by atomic mass is 9.69. The van der Waals surface area contributed by atoms with Gasteiger partial charge in [-0.3, -0.25) is 0 Å². The highest BCUT2D eigenvalue weighted by Crippen LogP contribution is 2.51. The maximum Gasteiger partial charge on any atom is 0.356 e. The number of rotatable bonds is 2. The smallest absolute Gasteiger partial charge is 0.356 e. The summed E-state index contributed by atoms with van der Waals surface area (Å²) >= 11 is 0. The first kappa shape index (κ1) is 13.4. The lowest BCUT2D eigenvalue weighted by Crippen LogP contribution is -2.24. The van der Waals surface area contributed by atoms with Gasteiger partial charge in [0.05, 0.1) is 5.69 Å². The molecule has 6 heteroatoms. The summed E-state index contributed by atoms with van der Waals surface area (Å²) in [5.74, 6) is -2.11. The lowest BCUT2D eigenvalue weighted by molar-refractivity contribution is 0.0687. The number of carboxylic acids is 1. The van der Waals surface area contributed by atoms with Gasteiger partial charge in [0.25, 0.3) is 0 Å². The molecule has 22 heavy (non-hydrogen) atoms. The van der Waals surface area contributed by atoms with Gasteiger partial charge in [0.1, 0.15) is 11.5 Å². The SMILES string of the molecule is O=C(O)c1nn(-c2ccc(F)cc2F)c2c1C1CCC2CC1. The molecule has 3 aliphatic rings. The predicted octanol–water partition coefficient (Wildman–Crippen LogP) is 3.60. The van der Waals surface area contributed by atoms with Gasteiger partial charge in [0, 0.05) is 17.5 Å². The lowest BCUT2D eigenvalue weighted by Gasteiger charge is -2.36. The van der Waals surface area contributed by atoms with Crippen LogP contribution in [0.5, 0.6) is 0 Å². The second kappa shape index (κ2) is 4.63. The standard InChI is InChI=1S/C16H14F2N2O2/c17-10-5-6-12(11(18)7-10)20-15-9-3-1-8(2-4-9)13(15)14(19-20)16(21)22/h5-9H,1-4H2,(H,21,22). The summed E-state index contributed by atoms with van der Waals surface area (Å²) in [7, 11) is 0. The van der Waals surface area contributed by atoms with Crippen molar-refractivity contribution in [2.24, 2.45) is 0 Å². The Morgan fingerprint density at radius 3 is 2.50 bits per heavy atom. The minimum Gasteiger partial charge on any atom is -0.476 e. The van der Waals surface area contributed by atoms with Gasteiger partial charge < -0.3 is 5.11 Å². The van der Waals surface area contributed by atoms with E-state index >= 15 is 0 Å². The fraction of sp³-hybridized carbons (Fsp3) is 0.375. The molecule has 1 saturated carbocycles. The number of carbonyl (C=O) groups is 1. The first-order chi connectivity index (χ1) is 10.6. The molecule has 1 fully saturated rings. The van der Waals surface area contributed by atoms with Crippen LogP contribution >= 0.6 is 0 Å². The monoisotopic (exact) mass is 304 g/mol. The molecular weight excluding hydrogens is 290 g/mol. The molecule has 0 amide bonds. The molecule has 3 aliphatic carbocycles. The Kier molecular flexibility index (Phi) is 2.82. The predicted molar refractivity (Wildman–Crippen MR) is 74.4 cm³/mol. The third-order valence-electron chi connectivity index (χ3n) is 4.82. The number of nitrogens with zero attached hydrogens (tertiary/aromatic N) is 2. The van der Waals surface area contributed by atoms with Crippen molar-refractivity contribution in [1.29, 1.82) is 0 Å². The van der Waals surface area contributed by atoms with Gasteiger partial charge >= 0.3 is 5.97 Å². The van der Waals surface area contributed by atoms with E-state index in [1.807, 2.05) is 0 Å². The third-order valence-corrected chi connectivity index (χ3v) is 4.82. The Morgan fingerprint density at radius 1 is 1.18 bits per heavy atom. The average molecular weight is 304 g/mol. The van der Waals surface area contributed by atoms with Crippen molar-refractivity contribution >= 4 is 5.97 Å². The van der Waals surface area contributed by atoms with E-state index in [0.717, 1.165) is 49.1 Å². The number of hydrogen-bond acceptors (Lipinski definition) is 2. The maximum atomic E-state index is 14.1. The molecule has 114 valence electrons. The van der Waals surface area contributed by atoms with E-state index < -0.39 is 17.6 Å². The Hall–Kier alpha value is -2.24. The van der Waals surface area contributed by atoms with Gasteiger partial charge in [-0.1, -0.05) is 0 Å². The van der Waals surface area contributed by atoms with Crippen LogP contribution in [0.25, 0.3) is 5.69 Å². The summed E-state index contributed by atoms with van der Waals surface area (Å²) in [6, 6.07) is 3.27. The van der Waals surface area contributed by atoms with Crippen molar-refractivity contribution in [2.45, 2.75) is 37.5 Å². The molecule has 2 aromatic rings. The molecule has 0 aliphatic heterocycles.